The van der Waals surface area contributed by atoms with E-state index in [0.29, 0.717) is 26.1 Å². The van der Waals surface area contributed by atoms with Crippen molar-refractivity contribution in [3.63, 3.8) is 0 Å². The van der Waals surface area contributed by atoms with Gasteiger partial charge in [0.15, 0.2) is 11.7 Å². The van der Waals surface area contributed by atoms with Crippen LogP contribution in [0.3, 0.4) is 0 Å². The number of Topliss-reactive ketones (excluding diaryl/α,β-unsaturated/α-hetero) is 1. The maximum atomic E-state index is 15.9. The fourth-order valence-electron chi connectivity index (χ4n) is 7.37. The molecule has 0 radical (unpaired) electrons. The number of ketones is 1. The van der Waals surface area contributed by atoms with E-state index in [1.807, 2.05) is 0 Å². The highest BCUT2D eigenvalue weighted by Gasteiger charge is 2.58. The van der Waals surface area contributed by atoms with Gasteiger partial charge in [-0.2, -0.15) is 0 Å². The first-order valence-corrected chi connectivity index (χ1v) is 15.6. The van der Waals surface area contributed by atoms with E-state index in [2.05, 4.69) is 37.4 Å². The van der Waals surface area contributed by atoms with Gasteiger partial charge in [0.1, 0.15) is 6.17 Å². The third kappa shape index (κ3) is 7.03. The molecule has 3 heterocycles. The lowest BCUT2D eigenvalue weighted by molar-refractivity contribution is -0.197. The van der Waals surface area contributed by atoms with Crippen LogP contribution in [0.1, 0.15) is 51.4 Å². The normalized spacial score (nSPS) is 33.9. The minimum atomic E-state index is -1.21. The number of halogens is 1. The average molecular weight is 577 g/mol. The van der Waals surface area contributed by atoms with E-state index >= 15 is 4.39 Å². The molecule has 1 amide bonds. The summed E-state index contributed by atoms with van der Waals surface area (Å²) in [5.41, 5.74) is 10.9. The molecule has 5 rings (SSSR count). The number of rotatable bonds is 11. The highest BCUT2D eigenvalue weighted by atomic mass is 19.1. The van der Waals surface area contributed by atoms with E-state index in [9.17, 15) is 9.59 Å². The zero-order valence-corrected chi connectivity index (χ0v) is 24.5. The lowest BCUT2D eigenvalue weighted by Gasteiger charge is -2.59. The topological polar surface area (TPSA) is 142 Å². The first-order valence-electron chi connectivity index (χ1n) is 15.6. The Morgan fingerprint density at radius 2 is 1.90 bits per heavy atom. The molecule has 11 nitrogen and oxygen atoms in total. The minimum absolute atomic E-state index is 0.0186. The summed E-state index contributed by atoms with van der Waals surface area (Å²) in [7, 11) is 2.15. The summed E-state index contributed by atoms with van der Waals surface area (Å²) in [5, 5.41) is 6.39. The number of morpholine rings is 1. The summed E-state index contributed by atoms with van der Waals surface area (Å²) in [6.07, 6.45) is 6.61. The molecule has 230 valence electrons. The smallest absolute Gasteiger partial charge is 0.256 e. The molecule has 5 aliphatic rings. The largest absolute Gasteiger partial charge is 0.370 e. The number of aliphatic imine (C=N–C) groups is 1. The Labute approximate surface area is 243 Å². The van der Waals surface area contributed by atoms with Crippen LogP contribution in [0.2, 0.25) is 0 Å². The number of hydrogen-bond acceptors (Lipinski definition) is 8. The molecule has 41 heavy (non-hydrogen) atoms. The van der Waals surface area contributed by atoms with Crippen LogP contribution >= 0.6 is 0 Å². The van der Waals surface area contributed by atoms with Crippen molar-refractivity contribution in [2.45, 2.75) is 87.9 Å². The summed E-state index contributed by atoms with van der Waals surface area (Å²) in [6, 6.07) is -0.604. The van der Waals surface area contributed by atoms with Gasteiger partial charge >= 0.3 is 0 Å². The number of fused-ring (bicyclic) bond motifs is 2. The number of unbranched alkanes of at least 4 members (excludes halogenated alkanes) is 1. The summed E-state index contributed by atoms with van der Waals surface area (Å²) < 4.78 is 22.5. The van der Waals surface area contributed by atoms with Crippen molar-refractivity contribution in [2.24, 2.45) is 22.4 Å². The van der Waals surface area contributed by atoms with Crippen LogP contribution in [0.4, 0.5) is 4.39 Å². The fourth-order valence-corrected chi connectivity index (χ4v) is 7.37. The second-order valence-electron chi connectivity index (χ2n) is 12.4. The van der Waals surface area contributed by atoms with Gasteiger partial charge in [0.2, 0.25) is 0 Å². The van der Waals surface area contributed by atoms with Crippen molar-refractivity contribution in [3.05, 3.63) is 11.8 Å². The quantitative estimate of drug-likeness (QED) is 0.115. The first-order chi connectivity index (χ1) is 19.8. The van der Waals surface area contributed by atoms with E-state index in [1.54, 1.807) is 6.20 Å². The standard InChI is InChI=1S/C29H49FN8O3/c1-36-13-15-37(16-14-36)12-6-11-33-24-21(30)17-19-25-27(24)41-23-8-3-2-7-22(23)38(25)18-20(26(19)39)28(40)34-9-4-5-10-35-29(31)32/h18-19,21-25,27,33H,2-17H2,1H3,(H,34,40)(H4,31,32,35). The van der Waals surface area contributed by atoms with Gasteiger partial charge < -0.3 is 41.5 Å². The molecule has 2 saturated heterocycles. The van der Waals surface area contributed by atoms with Gasteiger partial charge in [-0.3, -0.25) is 14.6 Å². The molecule has 7 atom stereocenters. The molecular formula is C29H49FN8O3. The van der Waals surface area contributed by atoms with E-state index in [-0.39, 0.29) is 47.8 Å². The average Bonchev–Trinajstić information content (AvgIpc) is 2.96. The Balaban J connectivity index is 1.24. The van der Waals surface area contributed by atoms with Crippen LogP contribution in [0.5, 0.6) is 0 Å². The maximum absolute atomic E-state index is 15.9. The Bertz CT molecular complexity index is 983. The number of hydrogen-bond donors (Lipinski definition) is 4. The van der Waals surface area contributed by atoms with Crippen molar-refractivity contribution >= 4 is 17.6 Å². The maximum Gasteiger partial charge on any atom is 0.256 e. The van der Waals surface area contributed by atoms with Gasteiger partial charge in [0.05, 0.1) is 35.9 Å². The van der Waals surface area contributed by atoms with Gasteiger partial charge in [0.25, 0.3) is 5.91 Å². The van der Waals surface area contributed by atoms with Crippen LogP contribution in [-0.2, 0) is 14.3 Å². The Hall–Kier alpha value is -2.28. The van der Waals surface area contributed by atoms with Gasteiger partial charge in [-0.15, -0.1) is 0 Å². The van der Waals surface area contributed by atoms with Crippen molar-refractivity contribution in [3.8, 4) is 0 Å². The number of nitrogens with one attached hydrogen (secondary N) is 2. The highest BCUT2D eigenvalue weighted by Crippen LogP contribution is 2.45. The Kier molecular flexibility index (Phi) is 10.2. The van der Waals surface area contributed by atoms with Crippen LogP contribution < -0.4 is 22.1 Å². The molecule has 0 aromatic carbocycles. The Morgan fingerprint density at radius 1 is 1.12 bits per heavy atom. The molecule has 2 aliphatic carbocycles. The number of carbonyl (C=O) groups is 2. The van der Waals surface area contributed by atoms with Crippen molar-refractivity contribution < 1.29 is 18.7 Å². The van der Waals surface area contributed by atoms with Crippen molar-refractivity contribution in [1.82, 2.24) is 25.3 Å². The number of likely N-dealkylation sites (N-methyl/N-ethyl adjacent to an activating group) is 1. The van der Waals surface area contributed by atoms with Crippen LogP contribution in [0.25, 0.3) is 0 Å². The molecule has 2 saturated carbocycles. The molecule has 7 unspecified atom stereocenters. The summed E-state index contributed by atoms with van der Waals surface area (Å²) in [6.45, 7) is 6.92. The van der Waals surface area contributed by atoms with E-state index in [4.69, 9.17) is 16.2 Å². The van der Waals surface area contributed by atoms with Crippen molar-refractivity contribution in [2.75, 3.05) is 59.4 Å². The number of alkyl halides is 1. The molecule has 0 aromatic heterocycles. The lowest BCUT2D eigenvalue weighted by Crippen LogP contribution is -2.72. The molecule has 6 N–H and O–H groups in total. The SMILES string of the molecule is CN1CCN(CCCNC2C(F)CC3C(=O)C(C(=O)NCCCCN=C(N)N)=CN4C5CCCCC5OC2C34)CC1. The van der Waals surface area contributed by atoms with Gasteiger partial charge in [0, 0.05) is 51.4 Å². The summed E-state index contributed by atoms with van der Waals surface area (Å²) >= 11 is 0. The van der Waals surface area contributed by atoms with Gasteiger partial charge in [-0.1, -0.05) is 12.8 Å². The number of nitrogens with two attached hydrogens (primary N) is 2. The molecular weight excluding hydrogens is 527 g/mol. The Morgan fingerprint density at radius 3 is 2.68 bits per heavy atom. The number of amides is 1. The monoisotopic (exact) mass is 576 g/mol. The molecule has 4 fully saturated rings. The number of ether oxygens (including phenoxy) is 1. The second kappa shape index (κ2) is 13.8. The van der Waals surface area contributed by atoms with Gasteiger partial charge in [-0.05, 0) is 58.7 Å². The van der Waals surface area contributed by atoms with E-state index in [1.165, 1.54) is 0 Å². The first kappa shape index (κ1) is 30.2. The zero-order chi connectivity index (χ0) is 28.9. The molecule has 0 bridgehead atoms. The molecule has 3 aliphatic heterocycles. The predicted octanol–water partition coefficient (Wildman–Crippen LogP) is -0.0429. The van der Waals surface area contributed by atoms with E-state index < -0.39 is 24.2 Å². The number of piperazine rings is 1. The second-order valence-corrected chi connectivity index (χ2v) is 12.4. The fraction of sp³-hybridized carbons (Fsp3) is 0.828. The molecule has 12 heteroatoms. The third-order valence-corrected chi connectivity index (χ3v) is 9.62. The summed E-state index contributed by atoms with van der Waals surface area (Å²) in [5.74, 6) is -1.18. The van der Waals surface area contributed by atoms with Crippen LogP contribution in [-0.4, -0.2) is 128 Å². The number of nitrogens with zero attached hydrogens (tertiary/aromatic N) is 4. The molecule has 0 aromatic rings. The third-order valence-electron chi connectivity index (χ3n) is 9.62. The minimum Gasteiger partial charge on any atom is -0.370 e. The lowest BCUT2D eigenvalue weighted by atomic mass is 9.69. The van der Waals surface area contributed by atoms with Gasteiger partial charge in [-0.25, -0.2) is 4.39 Å². The molecule has 0 spiro atoms. The zero-order valence-electron chi connectivity index (χ0n) is 24.5. The van der Waals surface area contributed by atoms with Crippen LogP contribution in [0, 0.1) is 5.92 Å². The highest BCUT2D eigenvalue weighted by molar-refractivity contribution is 6.20. The summed E-state index contributed by atoms with van der Waals surface area (Å²) in [4.78, 5) is 37.8. The predicted molar refractivity (Wildman–Crippen MR) is 156 cm³/mol. The number of guanidine groups is 1. The van der Waals surface area contributed by atoms with Crippen LogP contribution in [0.15, 0.2) is 16.8 Å². The van der Waals surface area contributed by atoms with E-state index in [0.717, 1.165) is 71.2 Å². The van der Waals surface area contributed by atoms with Crippen molar-refractivity contribution in [1.29, 1.82) is 0 Å². The number of carbonyl (C=O) groups excluding carboxylic acids is 2.